The monoisotopic (exact) mass is 230 g/mol. The molecule has 4 heteroatoms. The van der Waals surface area contributed by atoms with Gasteiger partial charge in [-0.1, -0.05) is 18.2 Å². The summed E-state index contributed by atoms with van der Waals surface area (Å²) in [5.41, 5.74) is 2.14. The Labute approximate surface area is 99.8 Å². The number of hydrogen-bond acceptors (Lipinski definition) is 2. The number of anilines is 1. The van der Waals surface area contributed by atoms with E-state index in [1.807, 2.05) is 29.2 Å². The van der Waals surface area contributed by atoms with Crippen molar-refractivity contribution in [3.8, 4) is 0 Å². The van der Waals surface area contributed by atoms with Crippen LogP contribution in [0.3, 0.4) is 0 Å². The molecule has 1 saturated carbocycles. The van der Waals surface area contributed by atoms with Crippen molar-refractivity contribution in [3.05, 3.63) is 29.8 Å². The molecule has 1 aliphatic heterocycles. The number of rotatable bonds is 3. The fraction of sp³-hybridized carbons (Fsp3) is 0.385. The minimum atomic E-state index is -0.0294. The van der Waals surface area contributed by atoms with Crippen LogP contribution >= 0.6 is 0 Å². The highest BCUT2D eigenvalue weighted by Gasteiger charge is 2.39. The molecule has 0 spiro atoms. The van der Waals surface area contributed by atoms with Gasteiger partial charge in [0.25, 0.3) is 0 Å². The van der Waals surface area contributed by atoms with Gasteiger partial charge in [0.05, 0.1) is 12.2 Å². The van der Waals surface area contributed by atoms with Crippen LogP contribution in [0, 0.1) is 0 Å². The number of amides is 2. The lowest BCUT2D eigenvalue weighted by molar-refractivity contribution is -0.108. The summed E-state index contributed by atoms with van der Waals surface area (Å²) in [7, 11) is 0. The highest BCUT2D eigenvalue weighted by molar-refractivity contribution is 5.96. The van der Waals surface area contributed by atoms with Gasteiger partial charge in [0.1, 0.15) is 6.29 Å². The summed E-state index contributed by atoms with van der Waals surface area (Å²) in [6.45, 7) is 0.716. The number of carbonyl (C=O) groups is 2. The number of hydrogen-bond donors (Lipinski definition) is 0. The lowest BCUT2D eigenvalue weighted by atomic mass is 10.1. The van der Waals surface area contributed by atoms with Crippen LogP contribution in [0.25, 0.3) is 0 Å². The van der Waals surface area contributed by atoms with Crippen LogP contribution in [-0.2, 0) is 11.3 Å². The van der Waals surface area contributed by atoms with Gasteiger partial charge in [0.2, 0.25) is 0 Å². The lowest BCUT2D eigenvalue weighted by Gasteiger charge is -2.36. The van der Waals surface area contributed by atoms with Crippen LogP contribution in [0.15, 0.2) is 24.3 Å². The van der Waals surface area contributed by atoms with E-state index in [1.165, 1.54) is 0 Å². The van der Waals surface area contributed by atoms with Crippen LogP contribution in [-0.4, -0.2) is 29.8 Å². The van der Waals surface area contributed by atoms with Crippen molar-refractivity contribution in [1.82, 2.24) is 4.90 Å². The number of carbonyl (C=O) groups excluding carboxylic acids is 2. The van der Waals surface area contributed by atoms with Gasteiger partial charge in [0.15, 0.2) is 0 Å². The lowest BCUT2D eigenvalue weighted by Crippen LogP contribution is -2.48. The topological polar surface area (TPSA) is 40.6 Å². The van der Waals surface area contributed by atoms with Crippen molar-refractivity contribution < 1.29 is 9.59 Å². The van der Waals surface area contributed by atoms with Gasteiger partial charge in [-0.25, -0.2) is 4.79 Å². The van der Waals surface area contributed by atoms with Gasteiger partial charge >= 0.3 is 6.03 Å². The Morgan fingerprint density at radius 2 is 2.06 bits per heavy atom. The second-order valence-corrected chi connectivity index (χ2v) is 4.56. The van der Waals surface area contributed by atoms with Crippen LogP contribution in [0.1, 0.15) is 18.4 Å². The Morgan fingerprint density at radius 1 is 1.29 bits per heavy atom. The molecular weight excluding hydrogens is 216 g/mol. The summed E-state index contributed by atoms with van der Waals surface area (Å²) in [5.74, 6) is 0. The molecule has 1 aliphatic carbocycles. The molecule has 0 atom stereocenters. The van der Waals surface area contributed by atoms with E-state index in [-0.39, 0.29) is 12.6 Å². The van der Waals surface area contributed by atoms with E-state index in [0.717, 1.165) is 30.4 Å². The van der Waals surface area contributed by atoms with E-state index in [1.54, 1.807) is 4.90 Å². The molecule has 1 heterocycles. The smallest absolute Gasteiger partial charge is 0.313 e. The van der Waals surface area contributed by atoms with E-state index < -0.39 is 0 Å². The van der Waals surface area contributed by atoms with Gasteiger partial charge in [-0.2, -0.15) is 0 Å². The highest BCUT2D eigenvalue weighted by Crippen LogP contribution is 2.37. The molecule has 1 aromatic carbocycles. The van der Waals surface area contributed by atoms with E-state index in [0.29, 0.717) is 12.6 Å². The minimum Gasteiger partial charge on any atom is -0.313 e. The largest absolute Gasteiger partial charge is 0.325 e. The molecular formula is C13H14N2O2. The zero-order valence-electron chi connectivity index (χ0n) is 9.50. The first-order valence-corrected chi connectivity index (χ1v) is 5.91. The van der Waals surface area contributed by atoms with Gasteiger partial charge in [-0.15, -0.1) is 0 Å². The second kappa shape index (κ2) is 3.87. The van der Waals surface area contributed by atoms with Crippen LogP contribution < -0.4 is 4.90 Å². The zero-order chi connectivity index (χ0) is 11.8. The first-order chi connectivity index (χ1) is 8.31. The summed E-state index contributed by atoms with van der Waals surface area (Å²) in [6.07, 6.45) is 2.92. The van der Waals surface area contributed by atoms with Crippen molar-refractivity contribution >= 4 is 18.0 Å². The molecule has 2 amide bonds. The molecule has 3 rings (SSSR count). The number of benzene rings is 1. The number of aldehydes is 1. The third-order valence-electron chi connectivity index (χ3n) is 3.30. The van der Waals surface area contributed by atoms with E-state index in [4.69, 9.17) is 0 Å². The van der Waals surface area contributed by atoms with Crippen molar-refractivity contribution in [2.24, 2.45) is 0 Å². The molecule has 17 heavy (non-hydrogen) atoms. The van der Waals surface area contributed by atoms with Crippen molar-refractivity contribution in [1.29, 1.82) is 0 Å². The maximum atomic E-state index is 12.3. The van der Waals surface area contributed by atoms with Crippen molar-refractivity contribution in [2.75, 3.05) is 11.4 Å². The highest BCUT2D eigenvalue weighted by atomic mass is 16.2. The SMILES string of the molecule is O=CCN1Cc2ccccc2N(C2CC2)C1=O. The first-order valence-electron chi connectivity index (χ1n) is 5.91. The maximum absolute atomic E-state index is 12.3. The number of para-hydroxylation sites is 1. The maximum Gasteiger partial charge on any atom is 0.325 e. The average Bonchev–Trinajstić information content (AvgIpc) is 3.15. The molecule has 0 saturated heterocycles. The molecule has 0 N–H and O–H groups in total. The third-order valence-corrected chi connectivity index (χ3v) is 3.30. The van der Waals surface area contributed by atoms with Crippen LogP contribution in [0.4, 0.5) is 10.5 Å². The van der Waals surface area contributed by atoms with E-state index in [2.05, 4.69) is 0 Å². The molecule has 0 aromatic heterocycles. The number of nitrogens with zero attached hydrogens (tertiary/aromatic N) is 2. The van der Waals surface area contributed by atoms with Crippen molar-refractivity contribution in [3.63, 3.8) is 0 Å². The Morgan fingerprint density at radius 3 is 2.76 bits per heavy atom. The Bertz CT molecular complexity index is 468. The summed E-state index contributed by atoms with van der Waals surface area (Å²) in [4.78, 5) is 26.3. The second-order valence-electron chi connectivity index (χ2n) is 4.56. The first kappa shape index (κ1) is 10.3. The molecule has 4 nitrogen and oxygen atoms in total. The van der Waals surface area contributed by atoms with Crippen LogP contribution in [0.5, 0.6) is 0 Å². The molecule has 1 aromatic rings. The standard InChI is InChI=1S/C13H14N2O2/c16-8-7-14-9-10-3-1-2-4-12(10)15(13(14)17)11-5-6-11/h1-4,8,11H,5-7,9H2. The summed E-state index contributed by atoms with van der Waals surface area (Å²) in [6, 6.07) is 8.24. The predicted molar refractivity (Wildman–Crippen MR) is 63.8 cm³/mol. The van der Waals surface area contributed by atoms with Gasteiger partial charge in [-0.05, 0) is 24.5 Å². The molecule has 1 fully saturated rings. The quantitative estimate of drug-likeness (QED) is 0.743. The fourth-order valence-electron chi connectivity index (χ4n) is 2.33. The van der Waals surface area contributed by atoms with Gasteiger partial charge < -0.3 is 9.69 Å². The Kier molecular flexibility index (Phi) is 2.35. The van der Waals surface area contributed by atoms with Gasteiger partial charge in [-0.3, -0.25) is 4.90 Å². The third kappa shape index (κ3) is 1.69. The van der Waals surface area contributed by atoms with E-state index >= 15 is 0 Å². The molecule has 0 bridgehead atoms. The summed E-state index contributed by atoms with van der Waals surface area (Å²) < 4.78 is 0. The summed E-state index contributed by atoms with van der Waals surface area (Å²) >= 11 is 0. The van der Waals surface area contributed by atoms with Gasteiger partial charge in [0, 0.05) is 12.6 Å². The zero-order valence-corrected chi connectivity index (χ0v) is 9.50. The Balaban J connectivity index is 2.00. The van der Waals surface area contributed by atoms with Crippen molar-refractivity contribution in [2.45, 2.75) is 25.4 Å². The fourth-order valence-corrected chi connectivity index (χ4v) is 2.33. The Hall–Kier alpha value is -1.84. The average molecular weight is 230 g/mol. The molecule has 0 unspecified atom stereocenters. The predicted octanol–water partition coefficient (Wildman–Crippen LogP) is 1.79. The normalized spacial score (nSPS) is 19.2. The summed E-state index contributed by atoms with van der Waals surface area (Å²) in [5, 5.41) is 0. The molecule has 0 radical (unpaired) electrons. The number of urea groups is 1. The minimum absolute atomic E-state index is 0.0294. The van der Waals surface area contributed by atoms with Crippen LogP contribution in [0.2, 0.25) is 0 Å². The molecule has 2 aliphatic rings. The number of fused-ring (bicyclic) bond motifs is 1. The molecule has 88 valence electrons. The van der Waals surface area contributed by atoms with E-state index in [9.17, 15) is 9.59 Å².